The third-order valence-electron chi connectivity index (χ3n) is 2.33. The number of fused-ring (bicyclic) bond motifs is 1. The van der Waals surface area contributed by atoms with E-state index >= 15 is 0 Å². The summed E-state index contributed by atoms with van der Waals surface area (Å²) in [4.78, 5) is 37.9. The highest BCUT2D eigenvalue weighted by Gasteiger charge is 2.60. The largest absolute Gasteiger partial charge is 0.357 e. The van der Waals surface area contributed by atoms with E-state index in [1.807, 2.05) is 5.32 Å². The van der Waals surface area contributed by atoms with Crippen molar-refractivity contribution in [2.45, 2.75) is 5.66 Å². The van der Waals surface area contributed by atoms with E-state index in [2.05, 4.69) is 4.99 Å². The van der Waals surface area contributed by atoms with Gasteiger partial charge in [0, 0.05) is 0 Å². The van der Waals surface area contributed by atoms with Crippen molar-refractivity contribution in [3.8, 4) is 18.5 Å². The molecule has 10 heteroatoms. The van der Waals surface area contributed by atoms with Gasteiger partial charge in [0.05, 0.1) is 0 Å². The van der Waals surface area contributed by atoms with Gasteiger partial charge in [-0.15, -0.1) is 0 Å². The molecule has 2 aliphatic heterocycles. The Morgan fingerprint density at radius 2 is 1.83 bits per heavy atom. The first kappa shape index (κ1) is 11.0. The third-order valence-corrected chi connectivity index (χ3v) is 2.33. The molecule has 2 aliphatic rings. The summed E-state index contributed by atoms with van der Waals surface area (Å²) < 4.78 is 0. The topological polar surface area (TPSA) is 153 Å². The summed E-state index contributed by atoms with van der Waals surface area (Å²) in [5.74, 6) is -1.21. The highest BCUT2D eigenvalue weighted by molar-refractivity contribution is 6.50. The number of rotatable bonds is 0. The van der Waals surface area contributed by atoms with Crippen LogP contribution in [0.25, 0.3) is 0 Å². The molecule has 2 rings (SSSR count). The lowest BCUT2D eigenvalue weighted by Gasteiger charge is -2.35. The molecule has 1 atom stereocenters. The normalized spacial score (nSPS) is 25.6. The number of urea groups is 2. The first-order valence-electron chi connectivity index (χ1n) is 4.32. The van der Waals surface area contributed by atoms with Crippen molar-refractivity contribution in [1.29, 1.82) is 15.8 Å². The predicted octanol–water partition coefficient (Wildman–Crippen LogP) is -1.40. The van der Waals surface area contributed by atoms with Gasteiger partial charge in [0.2, 0.25) is 0 Å². The maximum atomic E-state index is 11.7. The Labute approximate surface area is 98.9 Å². The SMILES string of the molecule is N#CN1C(=O)C2=NC(=O)NC2(C#N)N(C#N)C1=O. The summed E-state index contributed by atoms with van der Waals surface area (Å²) in [7, 11) is 0. The number of nitriles is 3. The van der Waals surface area contributed by atoms with Gasteiger partial charge < -0.3 is 0 Å². The number of imide groups is 1. The van der Waals surface area contributed by atoms with E-state index in [9.17, 15) is 14.4 Å². The molecule has 1 unspecified atom stereocenters. The molecule has 0 aromatic rings. The van der Waals surface area contributed by atoms with Crippen molar-refractivity contribution >= 4 is 23.7 Å². The van der Waals surface area contributed by atoms with Crippen molar-refractivity contribution in [3.05, 3.63) is 0 Å². The van der Waals surface area contributed by atoms with Crippen LogP contribution in [0.5, 0.6) is 0 Å². The van der Waals surface area contributed by atoms with E-state index < -0.39 is 29.3 Å². The lowest BCUT2D eigenvalue weighted by molar-refractivity contribution is -0.120. The van der Waals surface area contributed by atoms with E-state index in [0.717, 1.165) is 0 Å². The van der Waals surface area contributed by atoms with Crippen molar-refractivity contribution in [1.82, 2.24) is 15.1 Å². The molecule has 18 heavy (non-hydrogen) atoms. The molecule has 0 radical (unpaired) electrons. The van der Waals surface area contributed by atoms with Crippen LogP contribution >= 0.6 is 0 Å². The second kappa shape index (κ2) is 3.27. The number of amides is 5. The zero-order valence-electron chi connectivity index (χ0n) is 8.41. The average molecular weight is 243 g/mol. The molecule has 86 valence electrons. The van der Waals surface area contributed by atoms with E-state index in [0.29, 0.717) is 0 Å². The Hall–Kier alpha value is -3.45. The molecule has 2 heterocycles. The average Bonchev–Trinajstić information content (AvgIpc) is 2.68. The van der Waals surface area contributed by atoms with Crippen LogP contribution in [-0.2, 0) is 4.79 Å². The van der Waals surface area contributed by atoms with E-state index in [4.69, 9.17) is 15.8 Å². The quantitative estimate of drug-likeness (QED) is 0.516. The monoisotopic (exact) mass is 243 g/mol. The van der Waals surface area contributed by atoms with Crippen molar-refractivity contribution < 1.29 is 14.4 Å². The van der Waals surface area contributed by atoms with Gasteiger partial charge in [-0.2, -0.15) is 30.6 Å². The van der Waals surface area contributed by atoms with Gasteiger partial charge in [-0.3, -0.25) is 10.1 Å². The van der Waals surface area contributed by atoms with Crippen LogP contribution in [0.3, 0.4) is 0 Å². The lowest BCUT2D eigenvalue weighted by atomic mass is 10.0. The Bertz CT molecular complexity index is 645. The molecule has 1 N–H and O–H groups in total. The zero-order valence-corrected chi connectivity index (χ0v) is 8.41. The van der Waals surface area contributed by atoms with E-state index in [1.54, 1.807) is 0 Å². The molecule has 0 spiro atoms. The fourth-order valence-electron chi connectivity index (χ4n) is 1.56. The van der Waals surface area contributed by atoms with Crippen LogP contribution in [0, 0.1) is 34.2 Å². The summed E-state index contributed by atoms with van der Waals surface area (Å²) >= 11 is 0. The number of carbonyl (C=O) groups excluding carboxylic acids is 3. The van der Waals surface area contributed by atoms with Crippen molar-refractivity contribution in [2.24, 2.45) is 4.99 Å². The standard InChI is InChI=1S/C8HN7O3/c9-1-8-4(12-6(17)13-8)5(16)14(2-10)7(18)15(8)3-11/h(H,13,17). The molecule has 0 aromatic carbocycles. The Balaban J connectivity index is 2.70. The molecule has 0 bridgehead atoms. The minimum atomic E-state index is -2.27. The molecular formula is C8HN7O3. The van der Waals surface area contributed by atoms with Gasteiger partial charge in [0.15, 0.2) is 18.1 Å². The number of nitrogens with one attached hydrogen (secondary N) is 1. The number of hydrogen-bond acceptors (Lipinski definition) is 6. The zero-order chi connectivity index (χ0) is 13.5. The van der Waals surface area contributed by atoms with Crippen molar-refractivity contribution in [2.75, 3.05) is 0 Å². The van der Waals surface area contributed by atoms with Gasteiger partial charge in [-0.05, 0) is 0 Å². The number of carbonyl (C=O) groups is 3. The second-order valence-corrected chi connectivity index (χ2v) is 3.17. The molecule has 0 saturated carbocycles. The fourth-order valence-corrected chi connectivity index (χ4v) is 1.56. The molecule has 1 fully saturated rings. The van der Waals surface area contributed by atoms with Crippen LogP contribution in [0.15, 0.2) is 4.99 Å². The lowest BCUT2D eigenvalue weighted by Crippen LogP contribution is -2.70. The minimum absolute atomic E-state index is 0.0396. The Morgan fingerprint density at radius 1 is 1.17 bits per heavy atom. The molecule has 10 nitrogen and oxygen atoms in total. The number of nitrogens with zero attached hydrogens (tertiary/aromatic N) is 6. The van der Waals surface area contributed by atoms with Crippen molar-refractivity contribution in [3.63, 3.8) is 0 Å². The van der Waals surface area contributed by atoms with Gasteiger partial charge >= 0.3 is 12.1 Å². The summed E-state index contributed by atoms with van der Waals surface area (Å²) in [6.07, 6.45) is 2.59. The first-order chi connectivity index (χ1) is 8.51. The molecule has 1 saturated heterocycles. The van der Waals surface area contributed by atoms with Crippen LogP contribution in [0.1, 0.15) is 0 Å². The van der Waals surface area contributed by atoms with Gasteiger partial charge in [-0.1, -0.05) is 0 Å². The van der Waals surface area contributed by atoms with Gasteiger partial charge in [0.25, 0.3) is 11.6 Å². The van der Waals surface area contributed by atoms with E-state index in [-0.39, 0.29) is 9.80 Å². The van der Waals surface area contributed by atoms with Gasteiger partial charge in [0.1, 0.15) is 6.07 Å². The summed E-state index contributed by atoms with van der Waals surface area (Å²) in [5.41, 5.74) is -2.95. The molecule has 0 aliphatic carbocycles. The summed E-state index contributed by atoms with van der Waals surface area (Å²) in [5, 5.41) is 28.5. The Morgan fingerprint density at radius 3 is 2.33 bits per heavy atom. The van der Waals surface area contributed by atoms with Gasteiger partial charge in [-0.25, -0.2) is 9.59 Å². The summed E-state index contributed by atoms with van der Waals surface area (Å²) in [6.45, 7) is 0. The predicted molar refractivity (Wildman–Crippen MR) is 49.6 cm³/mol. The highest BCUT2D eigenvalue weighted by atomic mass is 16.2. The number of hydrogen-bond donors (Lipinski definition) is 1. The molecular weight excluding hydrogens is 242 g/mol. The smallest absolute Gasteiger partial charge is 0.295 e. The maximum absolute atomic E-state index is 11.7. The van der Waals surface area contributed by atoms with Crippen LogP contribution in [-0.4, -0.2) is 39.1 Å². The van der Waals surface area contributed by atoms with Crippen LogP contribution in [0.4, 0.5) is 9.59 Å². The maximum Gasteiger partial charge on any atom is 0.357 e. The second-order valence-electron chi connectivity index (χ2n) is 3.17. The van der Waals surface area contributed by atoms with E-state index in [1.165, 1.54) is 18.5 Å². The molecule has 5 amide bonds. The van der Waals surface area contributed by atoms with Crippen LogP contribution < -0.4 is 5.32 Å². The summed E-state index contributed by atoms with van der Waals surface area (Å²) in [6, 6.07) is -0.895. The first-order valence-corrected chi connectivity index (χ1v) is 4.32. The Kier molecular flexibility index (Phi) is 2.01. The van der Waals surface area contributed by atoms with Crippen LogP contribution in [0.2, 0.25) is 0 Å². The highest BCUT2D eigenvalue weighted by Crippen LogP contribution is 2.26. The fraction of sp³-hybridized carbons (Fsp3) is 0.125. The third kappa shape index (κ3) is 1.02. The number of aliphatic imine (C=N–C) groups is 1. The minimum Gasteiger partial charge on any atom is -0.295 e. The molecule has 0 aromatic heterocycles.